The van der Waals surface area contributed by atoms with Gasteiger partial charge in [-0.2, -0.15) is 0 Å². The Kier molecular flexibility index (Phi) is 4.87. The van der Waals surface area contributed by atoms with Crippen LogP contribution in [0.1, 0.15) is 23.9 Å². The number of carbonyl (C=O) groups excluding carboxylic acids is 2. The van der Waals surface area contributed by atoms with Crippen molar-refractivity contribution in [3.63, 3.8) is 0 Å². The van der Waals surface area contributed by atoms with Crippen molar-refractivity contribution >= 4 is 34.8 Å². The Morgan fingerprint density at radius 2 is 2.17 bits per heavy atom. The number of benzene rings is 1. The first-order valence-corrected chi connectivity index (χ1v) is 8.03. The van der Waals surface area contributed by atoms with E-state index >= 15 is 0 Å². The summed E-state index contributed by atoms with van der Waals surface area (Å²) in [6.45, 7) is 2.51. The largest absolute Gasteiger partial charge is 0.459 e. The van der Waals surface area contributed by atoms with Crippen LogP contribution in [0.15, 0.2) is 41.0 Å². The summed E-state index contributed by atoms with van der Waals surface area (Å²) in [5.74, 6) is -0.394. The number of amides is 2. The minimum absolute atomic E-state index is 0.0114. The van der Waals surface area contributed by atoms with Gasteiger partial charge in [0.15, 0.2) is 5.76 Å². The van der Waals surface area contributed by atoms with E-state index in [1.807, 2.05) is 6.92 Å². The van der Waals surface area contributed by atoms with Gasteiger partial charge < -0.3 is 19.8 Å². The minimum atomic E-state index is -0.392. The summed E-state index contributed by atoms with van der Waals surface area (Å²) in [4.78, 5) is 24.0. The van der Waals surface area contributed by atoms with E-state index in [-0.39, 0.29) is 23.7 Å². The van der Waals surface area contributed by atoms with Gasteiger partial charge in [0.05, 0.1) is 29.0 Å². The normalized spacial score (nSPS) is 18.9. The second-order valence-electron chi connectivity index (χ2n) is 5.45. The first-order chi connectivity index (χ1) is 11.6. The number of hydrogen-bond donors (Lipinski definition) is 2. The average molecular weight is 349 g/mol. The Bertz CT molecular complexity index is 745. The first kappa shape index (κ1) is 16.5. The molecule has 0 saturated heterocycles. The van der Waals surface area contributed by atoms with Gasteiger partial charge in [0.25, 0.3) is 5.91 Å². The van der Waals surface area contributed by atoms with E-state index in [0.717, 1.165) is 6.42 Å². The van der Waals surface area contributed by atoms with Crippen molar-refractivity contribution in [1.82, 2.24) is 0 Å². The fourth-order valence-corrected chi connectivity index (χ4v) is 2.59. The molecule has 2 amide bonds. The maximum absolute atomic E-state index is 12.1. The van der Waals surface area contributed by atoms with Gasteiger partial charge in [-0.1, -0.05) is 11.6 Å². The molecule has 3 rings (SSSR count). The summed E-state index contributed by atoms with van der Waals surface area (Å²) in [5, 5.41) is 5.79. The summed E-state index contributed by atoms with van der Waals surface area (Å²) < 4.78 is 10.4. The lowest BCUT2D eigenvalue weighted by Crippen LogP contribution is -2.17. The zero-order chi connectivity index (χ0) is 17.1. The summed E-state index contributed by atoms with van der Waals surface area (Å²) in [6.07, 6.45) is 2.17. The van der Waals surface area contributed by atoms with Crippen LogP contribution in [0.2, 0.25) is 5.02 Å². The molecule has 2 N–H and O–H groups in total. The van der Waals surface area contributed by atoms with Crippen LogP contribution in [0.3, 0.4) is 0 Å². The molecule has 2 aromatic rings. The molecule has 0 bridgehead atoms. The zero-order valence-electron chi connectivity index (χ0n) is 13.0. The third kappa shape index (κ3) is 3.77. The summed E-state index contributed by atoms with van der Waals surface area (Å²) in [6, 6.07) is 8.09. The Labute approximate surface area is 144 Å². The lowest BCUT2D eigenvalue weighted by atomic mass is 10.2. The van der Waals surface area contributed by atoms with Crippen LogP contribution < -0.4 is 10.6 Å². The third-order valence-corrected chi connectivity index (χ3v) is 3.99. The topological polar surface area (TPSA) is 80.6 Å². The fraction of sp³-hybridized carbons (Fsp3) is 0.294. The van der Waals surface area contributed by atoms with Gasteiger partial charge in [-0.25, -0.2) is 0 Å². The van der Waals surface area contributed by atoms with Gasteiger partial charge in [0.2, 0.25) is 5.91 Å². The van der Waals surface area contributed by atoms with E-state index in [9.17, 15) is 9.59 Å². The SMILES string of the molecule is CCOC1CC1C(=O)Nc1ccc(NC(=O)c2ccco2)c(Cl)c1. The highest BCUT2D eigenvalue weighted by Gasteiger charge is 2.43. The lowest BCUT2D eigenvalue weighted by Gasteiger charge is -2.09. The number of nitrogens with one attached hydrogen (secondary N) is 2. The second kappa shape index (κ2) is 7.07. The monoisotopic (exact) mass is 348 g/mol. The van der Waals surface area contributed by atoms with E-state index in [1.165, 1.54) is 6.26 Å². The molecule has 126 valence electrons. The average Bonchev–Trinajstić information content (AvgIpc) is 3.10. The molecule has 1 aromatic carbocycles. The predicted octanol–water partition coefficient (Wildman–Crippen LogP) is 3.55. The molecular weight excluding hydrogens is 332 g/mol. The molecular formula is C17H17ClN2O4. The lowest BCUT2D eigenvalue weighted by molar-refractivity contribution is -0.118. The van der Waals surface area contributed by atoms with Gasteiger partial charge >= 0.3 is 0 Å². The molecule has 1 heterocycles. The molecule has 2 atom stereocenters. The van der Waals surface area contributed by atoms with Crippen LogP contribution in [0.4, 0.5) is 11.4 Å². The number of halogens is 1. The molecule has 1 aliphatic carbocycles. The highest BCUT2D eigenvalue weighted by Crippen LogP contribution is 2.35. The quantitative estimate of drug-likeness (QED) is 0.836. The van der Waals surface area contributed by atoms with Gasteiger partial charge in [0.1, 0.15) is 0 Å². The smallest absolute Gasteiger partial charge is 0.291 e. The molecule has 2 unspecified atom stereocenters. The van der Waals surface area contributed by atoms with Crippen LogP contribution in [-0.2, 0) is 9.53 Å². The third-order valence-electron chi connectivity index (χ3n) is 3.68. The Morgan fingerprint density at radius 1 is 1.33 bits per heavy atom. The van der Waals surface area contributed by atoms with Crippen LogP contribution in [-0.4, -0.2) is 24.5 Å². The van der Waals surface area contributed by atoms with Crippen molar-refractivity contribution in [3.8, 4) is 0 Å². The van der Waals surface area contributed by atoms with E-state index in [0.29, 0.717) is 23.0 Å². The highest BCUT2D eigenvalue weighted by atomic mass is 35.5. The van der Waals surface area contributed by atoms with Crippen molar-refractivity contribution in [3.05, 3.63) is 47.4 Å². The first-order valence-electron chi connectivity index (χ1n) is 7.65. The maximum atomic E-state index is 12.1. The minimum Gasteiger partial charge on any atom is -0.459 e. The van der Waals surface area contributed by atoms with Crippen LogP contribution in [0, 0.1) is 5.92 Å². The molecule has 6 nitrogen and oxygen atoms in total. The van der Waals surface area contributed by atoms with Crippen LogP contribution >= 0.6 is 11.6 Å². The summed E-state index contributed by atoms with van der Waals surface area (Å²) >= 11 is 6.17. The molecule has 0 aliphatic heterocycles. The van der Waals surface area contributed by atoms with Crippen LogP contribution in [0.25, 0.3) is 0 Å². The van der Waals surface area contributed by atoms with Crippen LogP contribution in [0.5, 0.6) is 0 Å². The van der Waals surface area contributed by atoms with E-state index in [4.69, 9.17) is 20.8 Å². The van der Waals surface area contributed by atoms with Crippen molar-refractivity contribution < 1.29 is 18.7 Å². The van der Waals surface area contributed by atoms with Gasteiger partial charge in [-0.3, -0.25) is 9.59 Å². The molecule has 1 aliphatic rings. The van der Waals surface area contributed by atoms with Gasteiger partial charge in [-0.15, -0.1) is 0 Å². The number of rotatable bonds is 6. The number of ether oxygens (including phenoxy) is 1. The molecule has 1 aromatic heterocycles. The molecule has 1 saturated carbocycles. The highest BCUT2D eigenvalue weighted by molar-refractivity contribution is 6.34. The van der Waals surface area contributed by atoms with Crippen molar-refractivity contribution in [1.29, 1.82) is 0 Å². The van der Waals surface area contributed by atoms with Crippen molar-refractivity contribution in [2.75, 3.05) is 17.2 Å². The molecule has 1 fully saturated rings. The Balaban J connectivity index is 1.60. The zero-order valence-corrected chi connectivity index (χ0v) is 13.8. The van der Waals surface area contributed by atoms with E-state index < -0.39 is 5.91 Å². The number of carbonyl (C=O) groups is 2. The maximum Gasteiger partial charge on any atom is 0.291 e. The van der Waals surface area contributed by atoms with Gasteiger partial charge in [-0.05, 0) is 43.7 Å². The fourth-order valence-electron chi connectivity index (χ4n) is 2.37. The summed E-state index contributed by atoms with van der Waals surface area (Å²) in [5.41, 5.74) is 1.01. The standard InChI is InChI=1S/C17H17ClN2O4/c1-2-23-15-9-11(15)16(21)19-10-5-6-13(12(18)8-10)20-17(22)14-4-3-7-24-14/h3-8,11,15H,2,9H2,1H3,(H,19,21)(H,20,22). The number of hydrogen-bond acceptors (Lipinski definition) is 4. The van der Waals surface area contributed by atoms with Gasteiger partial charge in [0, 0.05) is 12.3 Å². The second-order valence-corrected chi connectivity index (χ2v) is 5.86. The number of anilines is 2. The number of furan rings is 1. The molecule has 7 heteroatoms. The Hall–Kier alpha value is -2.31. The van der Waals surface area contributed by atoms with E-state index in [2.05, 4.69) is 10.6 Å². The van der Waals surface area contributed by atoms with Crippen molar-refractivity contribution in [2.24, 2.45) is 5.92 Å². The van der Waals surface area contributed by atoms with Crippen molar-refractivity contribution in [2.45, 2.75) is 19.4 Å². The molecule has 0 spiro atoms. The van der Waals surface area contributed by atoms with E-state index in [1.54, 1.807) is 30.3 Å². The predicted molar refractivity (Wildman–Crippen MR) is 90.3 cm³/mol. The summed E-state index contributed by atoms with van der Waals surface area (Å²) in [7, 11) is 0. The molecule has 0 radical (unpaired) electrons. The Morgan fingerprint density at radius 3 is 2.83 bits per heavy atom. The molecule has 24 heavy (non-hydrogen) atoms.